The van der Waals surface area contributed by atoms with E-state index in [0.717, 1.165) is 32.6 Å². The van der Waals surface area contributed by atoms with Crippen LogP contribution in [0.4, 0.5) is 0 Å². The molecule has 1 unspecified atom stereocenters. The summed E-state index contributed by atoms with van der Waals surface area (Å²) in [4.78, 5) is 4.86. The Morgan fingerprint density at radius 1 is 1.18 bits per heavy atom. The number of piperazine rings is 1. The van der Waals surface area contributed by atoms with Gasteiger partial charge in [-0.2, -0.15) is 5.26 Å². The van der Waals surface area contributed by atoms with Gasteiger partial charge < -0.3 is 4.90 Å². The van der Waals surface area contributed by atoms with E-state index in [1.807, 2.05) is 0 Å². The zero-order valence-electron chi connectivity index (χ0n) is 11.9. The van der Waals surface area contributed by atoms with Gasteiger partial charge in [-0.25, -0.2) is 0 Å². The van der Waals surface area contributed by atoms with E-state index in [-0.39, 0.29) is 6.04 Å². The van der Waals surface area contributed by atoms with Crippen LogP contribution in [0.15, 0.2) is 0 Å². The minimum atomic E-state index is 0.125. The van der Waals surface area contributed by atoms with Gasteiger partial charge >= 0.3 is 0 Å². The predicted octanol–water partition coefficient (Wildman–Crippen LogP) is 2.34. The zero-order chi connectivity index (χ0) is 12.9. The highest BCUT2D eigenvalue weighted by Gasteiger charge is 2.23. The van der Waals surface area contributed by atoms with Gasteiger partial charge in [0.25, 0.3) is 0 Å². The molecule has 1 rings (SSSR count). The van der Waals surface area contributed by atoms with E-state index in [1.54, 1.807) is 0 Å². The summed E-state index contributed by atoms with van der Waals surface area (Å²) in [6.45, 7) is 14.5. The molecule has 0 amide bonds. The fraction of sp³-hybridized carbons (Fsp3) is 0.929. The molecule has 1 heterocycles. The Labute approximate surface area is 106 Å². The van der Waals surface area contributed by atoms with Gasteiger partial charge in [0.15, 0.2) is 0 Å². The average Bonchev–Trinajstić information content (AvgIpc) is 2.29. The largest absolute Gasteiger partial charge is 0.301 e. The first-order valence-electron chi connectivity index (χ1n) is 6.82. The summed E-state index contributed by atoms with van der Waals surface area (Å²) in [5.41, 5.74) is 0.426. The standard InChI is InChI=1S/C14H27N3/c1-5-13(12-15)17-10-8-16(9-11-17)7-6-14(2,3)4/h13H,5-11H2,1-4H3. The van der Waals surface area contributed by atoms with Crippen molar-refractivity contribution in [3.05, 3.63) is 0 Å². The van der Waals surface area contributed by atoms with Crippen molar-refractivity contribution in [1.29, 1.82) is 5.26 Å². The van der Waals surface area contributed by atoms with Gasteiger partial charge in [0.05, 0.1) is 12.1 Å². The molecule has 0 spiro atoms. The molecule has 1 atom stereocenters. The molecule has 0 N–H and O–H groups in total. The van der Waals surface area contributed by atoms with Crippen molar-refractivity contribution in [2.45, 2.75) is 46.6 Å². The van der Waals surface area contributed by atoms with Crippen molar-refractivity contribution in [1.82, 2.24) is 9.80 Å². The summed E-state index contributed by atoms with van der Waals surface area (Å²) in [5, 5.41) is 9.05. The Morgan fingerprint density at radius 2 is 1.76 bits per heavy atom. The molecule has 0 aromatic rings. The van der Waals surface area contributed by atoms with Crippen LogP contribution in [0.3, 0.4) is 0 Å². The summed E-state index contributed by atoms with van der Waals surface area (Å²) < 4.78 is 0. The zero-order valence-corrected chi connectivity index (χ0v) is 11.9. The Balaban J connectivity index is 2.29. The van der Waals surface area contributed by atoms with Gasteiger partial charge in [0.1, 0.15) is 0 Å². The number of nitrogens with zero attached hydrogens (tertiary/aromatic N) is 3. The lowest BCUT2D eigenvalue weighted by Gasteiger charge is -2.37. The second-order valence-corrected chi connectivity index (χ2v) is 6.24. The van der Waals surface area contributed by atoms with Crippen LogP contribution in [0.25, 0.3) is 0 Å². The van der Waals surface area contributed by atoms with E-state index in [9.17, 15) is 0 Å². The molecule has 98 valence electrons. The number of nitriles is 1. The highest BCUT2D eigenvalue weighted by Crippen LogP contribution is 2.19. The van der Waals surface area contributed by atoms with Crippen LogP contribution < -0.4 is 0 Å². The molecule has 0 bridgehead atoms. The van der Waals surface area contributed by atoms with Crippen LogP contribution in [0, 0.1) is 16.7 Å². The van der Waals surface area contributed by atoms with Crippen molar-refractivity contribution >= 4 is 0 Å². The lowest BCUT2D eigenvalue weighted by atomic mass is 9.92. The molecule has 3 nitrogen and oxygen atoms in total. The highest BCUT2D eigenvalue weighted by atomic mass is 15.3. The topological polar surface area (TPSA) is 30.3 Å². The summed E-state index contributed by atoms with van der Waals surface area (Å²) in [5.74, 6) is 0. The molecule has 0 aromatic carbocycles. The van der Waals surface area contributed by atoms with Gasteiger partial charge in [-0.1, -0.05) is 27.7 Å². The van der Waals surface area contributed by atoms with Gasteiger partial charge in [-0.15, -0.1) is 0 Å². The fourth-order valence-electron chi connectivity index (χ4n) is 2.22. The Morgan fingerprint density at radius 3 is 2.18 bits per heavy atom. The quantitative estimate of drug-likeness (QED) is 0.752. The third-order valence-corrected chi connectivity index (χ3v) is 3.56. The third-order valence-electron chi connectivity index (χ3n) is 3.56. The number of hydrogen-bond donors (Lipinski definition) is 0. The molecule has 1 aliphatic heterocycles. The fourth-order valence-corrected chi connectivity index (χ4v) is 2.22. The van der Waals surface area contributed by atoms with E-state index in [4.69, 9.17) is 5.26 Å². The first-order chi connectivity index (χ1) is 7.96. The lowest BCUT2D eigenvalue weighted by molar-refractivity contribution is 0.104. The van der Waals surface area contributed by atoms with Gasteiger partial charge in [-0.3, -0.25) is 4.90 Å². The first-order valence-corrected chi connectivity index (χ1v) is 6.82. The second-order valence-electron chi connectivity index (χ2n) is 6.24. The van der Waals surface area contributed by atoms with Crippen LogP contribution >= 0.6 is 0 Å². The Hall–Kier alpha value is -0.590. The minimum absolute atomic E-state index is 0.125. The maximum absolute atomic E-state index is 9.05. The summed E-state index contributed by atoms with van der Waals surface area (Å²) in [6.07, 6.45) is 2.20. The molecular formula is C14H27N3. The van der Waals surface area contributed by atoms with Gasteiger partial charge in [0, 0.05) is 26.2 Å². The monoisotopic (exact) mass is 237 g/mol. The summed E-state index contributed by atoms with van der Waals surface area (Å²) in [6, 6.07) is 2.52. The number of rotatable bonds is 4. The molecule has 0 saturated carbocycles. The van der Waals surface area contributed by atoms with Gasteiger partial charge in [-0.05, 0) is 24.8 Å². The van der Waals surface area contributed by atoms with E-state index >= 15 is 0 Å². The molecule has 1 aliphatic rings. The predicted molar refractivity (Wildman–Crippen MR) is 71.8 cm³/mol. The normalized spacial score (nSPS) is 21.1. The van der Waals surface area contributed by atoms with Crippen LogP contribution in [0.1, 0.15) is 40.5 Å². The molecule has 1 saturated heterocycles. The summed E-state index contributed by atoms with van der Waals surface area (Å²) in [7, 11) is 0. The van der Waals surface area contributed by atoms with Gasteiger partial charge in [0.2, 0.25) is 0 Å². The molecule has 0 aromatic heterocycles. The van der Waals surface area contributed by atoms with E-state index in [0.29, 0.717) is 5.41 Å². The average molecular weight is 237 g/mol. The summed E-state index contributed by atoms with van der Waals surface area (Å²) >= 11 is 0. The second kappa shape index (κ2) is 6.37. The van der Waals surface area contributed by atoms with E-state index in [2.05, 4.69) is 43.6 Å². The van der Waals surface area contributed by atoms with Crippen molar-refractivity contribution in [2.75, 3.05) is 32.7 Å². The maximum atomic E-state index is 9.05. The van der Waals surface area contributed by atoms with Crippen LogP contribution in [-0.4, -0.2) is 48.6 Å². The van der Waals surface area contributed by atoms with Crippen molar-refractivity contribution in [3.63, 3.8) is 0 Å². The highest BCUT2D eigenvalue weighted by molar-refractivity contribution is 4.92. The van der Waals surface area contributed by atoms with Crippen molar-refractivity contribution < 1.29 is 0 Å². The van der Waals surface area contributed by atoms with Crippen LogP contribution in [-0.2, 0) is 0 Å². The molecule has 0 radical (unpaired) electrons. The van der Waals surface area contributed by atoms with Crippen molar-refractivity contribution in [2.24, 2.45) is 5.41 Å². The Kier molecular flexibility index (Phi) is 5.42. The van der Waals surface area contributed by atoms with Crippen LogP contribution in [0.5, 0.6) is 0 Å². The number of hydrogen-bond acceptors (Lipinski definition) is 3. The van der Waals surface area contributed by atoms with E-state index in [1.165, 1.54) is 13.0 Å². The smallest absolute Gasteiger partial charge is 0.0976 e. The third kappa shape index (κ3) is 5.06. The van der Waals surface area contributed by atoms with Crippen molar-refractivity contribution in [3.8, 4) is 6.07 Å². The minimum Gasteiger partial charge on any atom is -0.301 e. The molecule has 0 aliphatic carbocycles. The molecule has 17 heavy (non-hydrogen) atoms. The molecular weight excluding hydrogens is 210 g/mol. The first kappa shape index (κ1) is 14.5. The molecule has 1 fully saturated rings. The molecule has 3 heteroatoms. The van der Waals surface area contributed by atoms with Crippen LogP contribution in [0.2, 0.25) is 0 Å². The van der Waals surface area contributed by atoms with E-state index < -0.39 is 0 Å². The lowest BCUT2D eigenvalue weighted by Crippen LogP contribution is -2.50. The SMILES string of the molecule is CCC(C#N)N1CCN(CCC(C)(C)C)CC1. The Bertz CT molecular complexity index is 254. The maximum Gasteiger partial charge on any atom is 0.0976 e.